The Labute approximate surface area is 124 Å². The van der Waals surface area contributed by atoms with E-state index in [2.05, 4.69) is 20.9 Å². The molecular formula is C15H13BrN2O2. The van der Waals surface area contributed by atoms with Gasteiger partial charge in [0.1, 0.15) is 0 Å². The van der Waals surface area contributed by atoms with Crippen molar-refractivity contribution in [2.75, 3.05) is 0 Å². The van der Waals surface area contributed by atoms with Gasteiger partial charge in [-0.25, -0.2) is 0 Å². The van der Waals surface area contributed by atoms with Gasteiger partial charge in [-0.3, -0.25) is 19.5 Å². The molecule has 1 aliphatic rings. The molecule has 2 amide bonds. The Morgan fingerprint density at radius 3 is 2.85 bits per heavy atom. The van der Waals surface area contributed by atoms with E-state index in [1.54, 1.807) is 13.1 Å². The number of hydrogen-bond donors (Lipinski definition) is 0. The Balaban J connectivity index is 2.02. The van der Waals surface area contributed by atoms with Crippen LogP contribution in [0.25, 0.3) is 10.9 Å². The Hall–Kier alpha value is -1.75. The van der Waals surface area contributed by atoms with Crippen LogP contribution in [-0.2, 0) is 16.1 Å². The molecule has 4 nitrogen and oxygen atoms in total. The summed E-state index contributed by atoms with van der Waals surface area (Å²) in [6.07, 6.45) is 2.02. The fraction of sp³-hybridized carbons (Fsp3) is 0.267. The summed E-state index contributed by atoms with van der Waals surface area (Å²) in [7, 11) is 0. The summed E-state index contributed by atoms with van der Waals surface area (Å²) in [5.74, 6) is -0.409. The third-order valence-corrected chi connectivity index (χ3v) is 4.29. The van der Waals surface area contributed by atoms with Crippen molar-refractivity contribution >= 4 is 38.6 Å². The van der Waals surface area contributed by atoms with E-state index in [1.807, 2.05) is 24.3 Å². The standard InChI is InChI=1S/C15H13BrN2O2/c1-9-7-13(19)18(15(9)20)8-10-4-5-12(16)11-3-2-6-17-14(10)11/h2-6,9H,7-8H2,1H3. The molecule has 0 bridgehead atoms. The van der Waals surface area contributed by atoms with Gasteiger partial charge in [0, 0.05) is 28.4 Å². The maximum atomic E-state index is 12.0. The average molecular weight is 333 g/mol. The lowest BCUT2D eigenvalue weighted by Gasteiger charge is -2.16. The summed E-state index contributed by atoms with van der Waals surface area (Å²) in [6.45, 7) is 2.08. The van der Waals surface area contributed by atoms with E-state index in [1.165, 1.54) is 4.90 Å². The third kappa shape index (κ3) is 2.12. The molecule has 1 fully saturated rings. The second kappa shape index (κ2) is 4.98. The molecule has 1 aromatic heterocycles. The third-order valence-electron chi connectivity index (χ3n) is 3.60. The minimum Gasteiger partial charge on any atom is -0.278 e. The van der Waals surface area contributed by atoms with E-state index < -0.39 is 0 Å². The van der Waals surface area contributed by atoms with Gasteiger partial charge in [-0.15, -0.1) is 0 Å². The minimum absolute atomic E-state index is 0.0954. The number of aromatic nitrogens is 1. The Bertz CT molecular complexity index is 714. The van der Waals surface area contributed by atoms with Gasteiger partial charge in [0.15, 0.2) is 0 Å². The van der Waals surface area contributed by atoms with Crippen molar-refractivity contribution in [2.45, 2.75) is 19.9 Å². The Morgan fingerprint density at radius 2 is 2.15 bits per heavy atom. The molecule has 0 spiro atoms. The molecule has 0 aliphatic carbocycles. The summed E-state index contributed by atoms with van der Waals surface area (Å²) >= 11 is 3.49. The highest BCUT2D eigenvalue weighted by molar-refractivity contribution is 9.10. The van der Waals surface area contributed by atoms with Crippen LogP contribution in [0.3, 0.4) is 0 Å². The molecule has 5 heteroatoms. The van der Waals surface area contributed by atoms with Gasteiger partial charge in [-0.05, 0) is 17.7 Å². The zero-order valence-corrected chi connectivity index (χ0v) is 12.6. The van der Waals surface area contributed by atoms with Crippen molar-refractivity contribution in [2.24, 2.45) is 5.92 Å². The molecule has 0 radical (unpaired) electrons. The number of carbonyl (C=O) groups excluding carboxylic acids is 2. The normalized spacial score (nSPS) is 19.1. The van der Waals surface area contributed by atoms with Gasteiger partial charge < -0.3 is 0 Å². The molecule has 0 saturated carbocycles. The van der Waals surface area contributed by atoms with Crippen LogP contribution in [0.5, 0.6) is 0 Å². The van der Waals surface area contributed by atoms with Crippen LogP contribution in [-0.4, -0.2) is 21.7 Å². The SMILES string of the molecule is CC1CC(=O)N(Cc2ccc(Br)c3cccnc23)C1=O. The van der Waals surface area contributed by atoms with Crippen LogP contribution in [0.1, 0.15) is 18.9 Å². The molecular weight excluding hydrogens is 320 g/mol. The highest BCUT2D eigenvalue weighted by Gasteiger charge is 2.35. The lowest BCUT2D eigenvalue weighted by atomic mass is 10.1. The van der Waals surface area contributed by atoms with Gasteiger partial charge in [0.2, 0.25) is 11.8 Å². The first-order valence-corrected chi connectivity index (χ1v) is 7.23. The van der Waals surface area contributed by atoms with E-state index in [-0.39, 0.29) is 17.7 Å². The van der Waals surface area contributed by atoms with Crippen LogP contribution >= 0.6 is 15.9 Å². The number of rotatable bonds is 2. The lowest BCUT2D eigenvalue weighted by molar-refractivity contribution is -0.139. The summed E-state index contributed by atoms with van der Waals surface area (Å²) in [5, 5.41) is 0.983. The highest BCUT2D eigenvalue weighted by Crippen LogP contribution is 2.28. The second-order valence-electron chi connectivity index (χ2n) is 5.03. The average Bonchev–Trinajstić information content (AvgIpc) is 2.68. The molecule has 1 aromatic carbocycles. The number of fused-ring (bicyclic) bond motifs is 1. The van der Waals surface area contributed by atoms with Gasteiger partial charge in [0.05, 0.1) is 12.1 Å². The summed E-state index contributed by atoms with van der Waals surface area (Å²) in [5.41, 5.74) is 1.71. The van der Waals surface area contributed by atoms with Crippen molar-refractivity contribution in [3.63, 3.8) is 0 Å². The molecule has 1 unspecified atom stereocenters. The van der Waals surface area contributed by atoms with E-state index in [0.717, 1.165) is 20.9 Å². The molecule has 0 N–H and O–H groups in total. The van der Waals surface area contributed by atoms with Crippen molar-refractivity contribution in [1.29, 1.82) is 0 Å². The number of halogens is 1. The molecule has 102 valence electrons. The number of amides is 2. The lowest BCUT2D eigenvalue weighted by Crippen LogP contribution is -2.29. The van der Waals surface area contributed by atoms with Crippen molar-refractivity contribution < 1.29 is 9.59 Å². The van der Waals surface area contributed by atoms with E-state index >= 15 is 0 Å². The van der Waals surface area contributed by atoms with Crippen molar-refractivity contribution in [1.82, 2.24) is 9.88 Å². The number of imide groups is 1. The maximum Gasteiger partial charge on any atom is 0.232 e. The highest BCUT2D eigenvalue weighted by atomic mass is 79.9. The summed E-state index contributed by atoms with van der Waals surface area (Å²) in [6, 6.07) is 7.66. The number of hydrogen-bond acceptors (Lipinski definition) is 3. The molecule has 3 rings (SSSR count). The molecule has 2 heterocycles. The quantitative estimate of drug-likeness (QED) is 0.794. The van der Waals surface area contributed by atoms with Crippen LogP contribution in [0, 0.1) is 5.92 Å². The van der Waals surface area contributed by atoms with Crippen LogP contribution in [0.4, 0.5) is 0 Å². The summed E-state index contributed by atoms with van der Waals surface area (Å²) < 4.78 is 0.955. The van der Waals surface area contributed by atoms with E-state index in [9.17, 15) is 9.59 Å². The molecule has 1 atom stereocenters. The molecule has 1 aliphatic heterocycles. The zero-order chi connectivity index (χ0) is 14.3. The predicted octanol–water partition coefficient (Wildman–Crippen LogP) is 2.89. The van der Waals surface area contributed by atoms with Crippen molar-refractivity contribution in [3.8, 4) is 0 Å². The zero-order valence-electron chi connectivity index (χ0n) is 11.0. The fourth-order valence-electron chi connectivity index (χ4n) is 2.51. The molecule has 2 aromatic rings. The number of pyridine rings is 1. The first kappa shape index (κ1) is 13.2. The van der Waals surface area contributed by atoms with Gasteiger partial charge in [0.25, 0.3) is 0 Å². The maximum absolute atomic E-state index is 12.0. The second-order valence-corrected chi connectivity index (χ2v) is 5.88. The van der Waals surface area contributed by atoms with E-state index in [0.29, 0.717) is 13.0 Å². The minimum atomic E-state index is -0.211. The van der Waals surface area contributed by atoms with Gasteiger partial charge in [-0.2, -0.15) is 0 Å². The number of carbonyl (C=O) groups is 2. The number of nitrogens with zero attached hydrogens (tertiary/aromatic N) is 2. The van der Waals surface area contributed by atoms with Crippen molar-refractivity contribution in [3.05, 3.63) is 40.5 Å². The first-order chi connectivity index (χ1) is 9.58. The van der Waals surface area contributed by atoms with Crippen LogP contribution < -0.4 is 0 Å². The smallest absolute Gasteiger partial charge is 0.232 e. The summed E-state index contributed by atoms with van der Waals surface area (Å²) in [4.78, 5) is 29.6. The predicted molar refractivity (Wildman–Crippen MR) is 78.8 cm³/mol. The van der Waals surface area contributed by atoms with Gasteiger partial charge in [-0.1, -0.05) is 35.0 Å². The van der Waals surface area contributed by atoms with Crippen LogP contribution in [0.15, 0.2) is 34.9 Å². The monoisotopic (exact) mass is 332 g/mol. The molecule has 20 heavy (non-hydrogen) atoms. The number of benzene rings is 1. The van der Waals surface area contributed by atoms with Gasteiger partial charge >= 0.3 is 0 Å². The Morgan fingerprint density at radius 1 is 1.35 bits per heavy atom. The largest absolute Gasteiger partial charge is 0.278 e. The van der Waals surface area contributed by atoms with E-state index in [4.69, 9.17) is 0 Å². The fourth-order valence-corrected chi connectivity index (χ4v) is 2.96. The van der Waals surface area contributed by atoms with Crippen LogP contribution in [0.2, 0.25) is 0 Å². The number of likely N-dealkylation sites (tertiary alicyclic amines) is 1. The first-order valence-electron chi connectivity index (χ1n) is 6.44. The topological polar surface area (TPSA) is 50.3 Å². The molecule has 1 saturated heterocycles. The Kier molecular flexibility index (Phi) is 3.30.